The van der Waals surface area contributed by atoms with Crippen LogP contribution in [0.5, 0.6) is 0 Å². The van der Waals surface area contributed by atoms with Crippen molar-refractivity contribution >= 4 is 6.01 Å². The zero-order valence-corrected chi connectivity index (χ0v) is 2.86. The van der Waals surface area contributed by atoms with Gasteiger partial charge in [0.05, 0.1) is 0 Å². The Morgan fingerprint density at radius 3 is 2.60 bits per heavy atom. The minimum atomic E-state index is 1.36. The number of hydrogen-bond acceptors (Lipinski definition) is 3. The maximum absolute atomic E-state index is 6.06. The number of hydrogen-bond donors (Lipinski definition) is 1. The molecular weight excluding hydrogens is 68.0 g/mol. The Bertz CT molecular complexity index is 54.7. The van der Waals surface area contributed by atoms with Gasteiger partial charge in [-0.05, 0) is 5.16 Å². The number of nitrogens with zero attached hydrogens (tertiary/aromatic N) is 1. The predicted octanol–water partition coefficient (Wildman–Crippen LogP) is 0.300. The zero-order valence-electron chi connectivity index (χ0n) is 2.86. The van der Waals surface area contributed by atoms with E-state index in [1.54, 1.807) is 6.01 Å². The monoisotopic (exact) mass is 72.0 g/mol. The molecule has 0 fully saturated rings. The molecule has 0 aromatic heterocycles. The highest BCUT2D eigenvalue weighted by molar-refractivity contribution is 5.34. The van der Waals surface area contributed by atoms with Gasteiger partial charge in [-0.3, -0.25) is 0 Å². The summed E-state index contributed by atoms with van der Waals surface area (Å²) in [5, 5.41) is 8.95. The van der Waals surface area contributed by atoms with Gasteiger partial charge in [-0.2, -0.15) is 0 Å². The standard InChI is InChI=1S/C2H4N2O/c1-5-4-2-3/h3H,1H3. The van der Waals surface area contributed by atoms with Crippen LogP contribution in [0.4, 0.5) is 0 Å². The molecule has 0 radical (unpaired) electrons. The van der Waals surface area contributed by atoms with Crippen molar-refractivity contribution in [2.75, 3.05) is 7.11 Å². The number of rotatable bonds is 1. The second-order valence-electron chi connectivity index (χ2n) is 0.386. The van der Waals surface area contributed by atoms with E-state index in [-0.39, 0.29) is 0 Å². The van der Waals surface area contributed by atoms with Crippen LogP contribution in [0.1, 0.15) is 0 Å². The molecule has 0 bridgehead atoms. The summed E-state index contributed by atoms with van der Waals surface area (Å²) in [6.07, 6.45) is 0. The van der Waals surface area contributed by atoms with Crippen LogP contribution in [0.2, 0.25) is 0 Å². The topological polar surface area (TPSA) is 45.4 Å². The Hall–Kier alpha value is -0.820. The molecule has 0 aromatic rings. The third kappa shape index (κ3) is 3.18. The van der Waals surface area contributed by atoms with Crippen molar-refractivity contribution in [2.24, 2.45) is 5.16 Å². The quantitative estimate of drug-likeness (QED) is 0.351. The molecule has 0 aliphatic heterocycles. The Balaban J connectivity index is 2.93. The summed E-state index contributed by atoms with van der Waals surface area (Å²) in [5.74, 6) is 0. The Labute approximate surface area is 29.8 Å². The highest BCUT2D eigenvalue weighted by Crippen LogP contribution is 1.52. The van der Waals surface area contributed by atoms with E-state index in [4.69, 9.17) is 5.41 Å². The summed E-state index contributed by atoms with van der Waals surface area (Å²) < 4.78 is 0. The summed E-state index contributed by atoms with van der Waals surface area (Å²) in [7, 11) is 1.36. The summed E-state index contributed by atoms with van der Waals surface area (Å²) in [6, 6.07) is 1.67. The molecule has 1 N–H and O–H groups in total. The molecule has 0 atom stereocenters. The maximum atomic E-state index is 6.06. The van der Waals surface area contributed by atoms with Crippen LogP contribution >= 0.6 is 0 Å². The molecule has 28 valence electrons. The van der Waals surface area contributed by atoms with E-state index in [0.29, 0.717) is 0 Å². The van der Waals surface area contributed by atoms with E-state index in [2.05, 4.69) is 9.99 Å². The summed E-state index contributed by atoms with van der Waals surface area (Å²) in [6.45, 7) is 0. The fourth-order valence-electron chi connectivity index (χ4n) is 0.0456. The van der Waals surface area contributed by atoms with E-state index in [0.717, 1.165) is 0 Å². The fraction of sp³-hybridized carbons (Fsp3) is 0.500. The molecule has 0 rings (SSSR count). The van der Waals surface area contributed by atoms with Gasteiger partial charge in [0.1, 0.15) is 13.1 Å². The van der Waals surface area contributed by atoms with Gasteiger partial charge in [0.25, 0.3) is 0 Å². The first-order chi connectivity index (χ1) is 2.41. The molecule has 0 saturated heterocycles. The first-order valence-corrected chi connectivity index (χ1v) is 1.06. The molecule has 3 nitrogen and oxygen atoms in total. The lowest BCUT2D eigenvalue weighted by molar-refractivity contribution is 0.215. The van der Waals surface area contributed by atoms with Gasteiger partial charge in [0.15, 0.2) is 0 Å². The van der Waals surface area contributed by atoms with Gasteiger partial charge < -0.3 is 4.84 Å². The Kier molecular flexibility index (Phi) is 2.66. The fourth-order valence-corrected chi connectivity index (χ4v) is 0.0456. The molecule has 0 heterocycles. The van der Waals surface area contributed by atoms with E-state index in [1.165, 1.54) is 7.11 Å². The minimum absolute atomic E-state index is 1.36. The van der Waals surface area contributed by atoms with Crippen LogP contribution in [0.3, 0.4) is 0 Å². The first kappa shape index (κ1) is 4.18. The smallest absolute Gasteiger partial charge is 0.132 e. The van der Waals surface area contributed by atoms with Gasteiger partial charge in [0.2, 0.25) is 0 Å². The van der Waals surface area contributed by atoms with Crippen molar-refractivity contribution in [1.82, 2.24) is 0 Å². The third-order valence-corrected chi connectivity index (χ3v) is 0.137. The van der Waals surface area contributed by atoms with Crippen LogP contribution < -0.4 is 0 Å². The van der Waals surface area contributed by atoms with Crippen molar-refractivity contribution in [3.8, 4) is 0 Å². The third-order valence-electron chi connectivity index (χ3n) is 0.137. The van der Waals surface area contributed by atoms with Crippen molar-refractivity contribution in [1.29, 1.82) is 5.41 Å². The molecule has 0 unspecified atom stereocenters. The van der Waals surface area contributed by atoms with Crippen LogP contribution in [0.15, 0.2) is 5.16 Å². The predicted molar refractivity (Wildman–Crippen MR) is 17.2 cm³/mol. The zero-order chi connectivity index (χ0) is 4.12. The lowest BCUT2D eigenvalue weighted by Crippen LogP contribution is -1.58. The average molecular weight is 72.1 g/mol. The van der Waals surface area contributed by atoms with Crippen molar-refractivity contribution in [3.05, 3.63) is 0 Å². The van der Waals surface area contributed by atoms with Gasteiger partial charge in [-0.25, -0.2) is 5.41 Å². The second-order valence-corrected chi connectivity index (χ2v) is 0.386. The lowest BCUT2D eigenvalue weighted by Gasteiger charge is -1.69. The number of nitrogens with one attached hydrogen (secondary N) is 1. The van der Waals surface area contributed by atoms with Crippen LogP contribution in [0.25, 0.3) is 0 Å². The summed E-state index contributed by atoms with van der Waals surface area (Å²) in [5.41, 5.74) is 0. The van der Waals surface area contributed by atoms with Gasteiger partial charge in [-0.1, -0.05) is 0 Å². The average Bonchev–Trinajstić information content (AvgIpc) is 1.41. The molecule has 0 aliphatic carbocycles. The van der Waals surface area contributed by atoms with E-state index < -0.39 is 0 Å². The highest BCUT2D eigenvalue weighted by Gasteiger charge is 1.43. The Morgan fingerprint density at radius 1 is 2.00 bits per heavy atom. The molecule has 0 spiro atoms. The summed E-state index contributed by atoms with van der Waals surface area (Å²) >= 11 is 0. The van der Waals surface area contributed by atoms with Crippen molar-refractivity contribution in [2.45, 2.75) is 0 Å². The molecule has 0 amide bonds. The highest BCUT2D eigenvalue weighted by atomic mass is 16.6. The normalized spacial score (nSPS) is 5.00. The molecule has 3 heteroatoms. The first-order valence-electron chi connectivity index (χ1n) is 1.06. The van der Waals surface area contributed by atoms with Gasteiger partial charge in [0, 0.05) is 0 Å². The molecule has 0 aromatic carbocycles. The van der Waals surface area contributed by atoms with E-state index >= 15 is 0 Å². The van der Waals surface area contributed by atoms with Crippen molar-refractivity contribution in [3.63, 3.8) is 0 Å². The molecule has 0 aliphatic rings. The Morgan fingerprint density at radius 2 is 2.60 bits per heavy atom. The van der Waals surface area contributed by atoms with Gasteiger partial charge >= 0.3 is 0 Å². The maximum Gasteiger partial charge on any atom is 0.132 e. The lowest BCUT2D eigenvalue weighted by atomic mass is 11.6. The molecular formula is C2H4N2O. The summed E-state index contributed by atoms with van der Waals surface area (Å²) in [4.78, 5) is 4.02. The van der Waals surface area contributed by atoms with E-state index in [9.17, 15) is 0 Å². The van der Waals surface area contributed by atoms with Crippen LogP contribution in [-0.4, -0.2) is 13.1 Å². The van der Waals surface area contributed by atoms with Crippen LogP contribution in [0, 0.1) is 5.41 Å². The minimum Gasteiger partial charge on any atom is -0.391 e. The SMILES string of the molecule is CON=C=N. The van der Waals surface area contributed by atoms with Crippen molar-refractivity contribution < 1.29 is 4.84 Å². The second kappa shape index (κ2) is 3.18. The van der Waals surface area contributed by atoms with Gasteiger partial charge in [-0.15, -0.1) is 0 Å². The van der Waals surface area contributed by atoms with Crippen LogP contribution in [-0.2, 0) is 4.84 Å². The molecule has 5 heavy (non-hydrogen) atoms. The van der Waals surface area contributed by atoms with E-state index in [1.807, 2.05) is 0 Å². The largest absolute Gasteiger partial charge is 0.391 e. The molecule has 0 saturated carbocycles.